The predicted molar refractivity (Wildman–Crippen MR) is 118 cm³/mol. The number of aliphatic imine (C=N–C) groups is 1. The van der Waals surface area contributed by atoms with Gasteiger partial charge in [0.25, 0.3) is 0 Å². The van der Waals surface area contributed by atoms with E-state index in [0.29, 0.717) is 25.1 Å². The number of nitrogens with one attached hydrogen (secondary N) is 1. The quantitative estimate of drug-likeness (QED) is 0.538. The van der Waals surface area contributed by atoms with Crippen LogP contribution in [0, 0.1) is 0 Å². The van der Waals surface area contributed by atoms with Gasteiger partial charge >= 0.3 is 0 Å². The molecular formula is C22H21N7O. The van der Waals surface area contributed by atoms with E-state index < -0.39 is 0 Å². The molecule has 30 heavy (non-hydrogen) atoms. The number of para-hydroxylation sites is 3. The van der Waals surface area contributed by atoms with Gasteiger partial charge in [-0.15, -0.1) is 0 Å². The van der Waals surface area contributed by atoms with Gasteiger partial charge in [-0.3, -0.25) is 9.88 Å². The number of ether oxygens (including phenoxy) is 1. The lowest BCUT2D eigenvalue weighted by Crippen LogP contribution is -2.38. The number of aromatic nitrogens is 3. The molecule has 4 aromatic rings. The molecule has 0 saturated carbocycles. The van der Waals surface area contributed by atoms with Crippen molar-refractivity contribution in [3.63, 3.8) is 0 Å². The lowest BCUT2D eigenvalue weighted by Gasteiger charge is -2.32. The summed E-state index contributed by atoms with van der Waals surface area (Å²) in [7, 11) is 0. The Morgan fingerprint density at radius 1 is 0.967 bits per heavy atom. The smallest absolute Gasteiger partial charge is 0.212 e. The maximum atomic E-state index is 6.17. The number of fused-ring (bicyclic) bond motifs is 4. The first-order valence-electron chi connectivity index (χ1n) is 10.1. The van der Waals surface area contributed by atoms with Crippen molar-refractivity contribution in [3.8, 4) is 0 Å². The molecule has 1 fully saturated rings. The van der Waals surface area contributed by atoms with Crippen LogP contribution in [0.4, 0.5) is 11.8 Å². The van der Waals surface area contributed by atoms with E-state index in [0.717, 1.165) is 46.4 Å². The number of hydrogen-bond acceptors (Lipinski definition) is 7. The Hall–Kier alpha value is -3.65. The third-order valence-corrected chi connectivity index (χ3v) is 5.66. The Labute approximate surface area is 173 Å². The third kappa shape index (κ3) is 2.68. The molecule has 8 heteroatoms. The molecule has 0 spiro atoms. The van der Waals surface area contributed by atoms with Gasteiger partial charge in [-0.05, 0) is 24.3 Å². The molecule has 2 aliphatic rings. The lowest BCUT2D eigenvalue weighted by molar-refractivity contribution is 0.122. The summed E-state index contributed by atoms with van der Waals surface area (Å²) in [5, 5.41) is 4.18. The predicted octanol–water partition coefficient (Wildman–Crippen LogP) is 2.71. The third-order valence-electron chi connectivity index (χ3n) is 5.66. The SMILES string of the molecule is NC1=N[C@@H](c2cc3ccccc3nc2N2CCOCC2)n2c(nc3ccccc32)N1. The first-order chi connectivity index (χ1) is 14.8. The van der Waals surface area contributed by atoms with Crippen LogP contribution in [0.3, 0.4) is 0 Å². The van der Waals surface area contributed by atoms with Crippen molar-refractivity contribution in [3.05, 3.63) is 60.2 Å². The number of morpholine rings is 1. The number of nitrogens with zero attached hydrogens (tertiary/aromatic N) is 5. The van der Waals surface area contributed by atoms with Crippen molar-refractivity contribution in [2.75, 3.05) is 36.5 Å². The van der Waals surface area contributed by atoms with Gasteiger partial charge in [0, 0.05) is 24.0 Å². The molecule has 8 nitrogen and oxygen atoms in total. The summed E-state index contributed by atoms with van der Waals surface area (Å²) in [6, 6.07) is 18.4. The standard InChI is InChI=1S/C22H21N7O/c23-21-26-20(29-18-8-4-3-7-17(18)25-22(29)27-21)15-13-14-5-1-2-6-16(14)24-19(15)28-9-11-30-12-10-28/h1-8,13,20H,9-12H2,(H3,23,25,26,27)/t20-/m1/s1. The van der Waals surface area contributed by atoms with Crippen LogP contribution in [0.2, 0.25) is 0 Å². The van der Waals surface area contributed by atoms with Gasteiger partial charge in [0.1, 0.15) is 5.82 Å². The number of pyridine rings is 1. The maximum Gasteiger partial charge on any atom is 0.212 e. The number of hydrogen-bond donors (Lipinski definition) is 2. The molecule has 0 aliphatic carbocycles. The van der Waals surface area contributed by atoms with Gasteiger partial charge in [-0.25, -0.2) is 15.0 Å². The Morgan fingerprint density at radius 3 is 2.60 bits per heavy atom. The lowest BCUT2D eigenvalue weighted by atomic mass is 10.1. The van der Waals surface area contributed by atoms with Crippen LogP contribution < -0.4 is 16.0 Å². The summed E-state index contributed by atoms with van der Waals surface area (Å²) in [4.78, 5) is 16.8. The molecule has 1 atom stereocenters. The molecule has 0 unspecified atom stereocenters. The van der Waals surface area contributed by atoms with Crippen molar-refractivity contribution in [2.24, 2.45) is 10.7 Å². The Bertz CT molecular complexity index is 1290. The molecule has 150 valence electrons. The van der Waals surface area contributed by atoms with E-state index in [4.69, 9.17) is 25.4 Å². The number of nitrogens with two attached hydrogens (primary N) is 1. The summed E-state index contributed by atoms with van der Waals surface area (Å²) >= 11 is 0. The van der Waals surface area contributed by atoms with E-state index >= 15 is 0 Å². The van der Waals surface area contributed by atoms with Gasteiger partial charge in [-0.2, -0.15) is 0 Å². The summed E-state index contributed by atoms with van der Waals surface area (Å²) in [5.41, 5.74) is 10.0. The summed E-state index contributed by atoms with van der Waals surface area (Å²) < 4.78 is 7.67. The zero-order valence-corrected chi connectivity index (χ0v) is 16.3. The molecule has 0 amide bonds. The van der Waals surface area contributed by atoms with Crippen LogP contribution in [0.15, 0.2) is 59.6 Å². The van der Waals surface area contributed by atoms with E-state index in [1.165, 1.54) is 0 Å². The van der Waals surface area contributed by atoms with E-state index in [1.807, 2.05) is 36.4 Å². The van der Waals surface area contributed by atoms with Crippen LogP contribution in [-0.4, -0.2) is 46.8 Å². The number of anilines is 2. The second-order valence-corrected chi connectivity index (χ2v) is 7.50. The van der Waals surface area contributed by atoms with Crippen LogP contribution in [0.1, 0.15) is 11.7 Å². The second-order valence-electron chi connectivity index (χ2n) is 7.50. The van der Waals surface area contributed by atoms with Crippen LogP contribution in [0.5, 0.6) is 0 Å². The topological polar surface area (TPSA) is 93.6 Å². The van der Waals surface area contributed by atoms with E-state index in [9.17, 15) is 0 Å². The first-order valence-corrected chi connectivity index (χ1v) is 10.1. The molecule has 0 radical (unpaired) electrons. The highest BCUT2D eigenvalue weighted by Gasteiger charge is 2.29. The Kier molecular flexibility index (Phi) is 3.85. The average molecular weight is 399 g/mol. The minimum atomic E-state index is -0.358. The zero-order valence-electron chi connectivity index (χ0n) is 16.3. The van der Waals surface area contributed by atoms with Crippen molar-refractivity contribution in [1.29, 1.82) is 0 Å². The minimum absolute atomic E-state index is 0.351. The van der Waals surface area contributed by atoms with Crippen LogP contribution >= 0.6 is 0 Å². The summed E-state index contributed by atoms with van der Waals surface area (Å²) in [5.74, 6) is 1.96. The fraction of sp³-hybridized carbons (Fsp3) is 0.227. The Morgan fingerprint density at radius 2 is 1.73 bits per heavy atom. The maximum absolute atomic E-state index is 6.17. The molecule has 2 aromatic carbocycles. The van der Waals surface area contributed by atoms with Gasteiger partial charge in [0.15, 0.2) is 12.1 Å². The summed E-state index contributed by atoms with van der Waals surface area (Å²) in [6.07, 6.45) is -0.358. The highest BCUT2D eigenvalue weighted by molar-refractivity contribution is 5.95. The fourth-order valence-electron chi connectivity index (χ4n) is 4.27. The van der Waals surface area contributed by atoms with Gasteiger partial charge < -0.3 is 15.4 Å². The largest absolute Gasteiger partial charge is 0.378 e. The molecule has 1 saturated heterocycles. The average Bonchev–Trinajstić information content (AvgIpc) is 3.16. The molecule has 2 aliphatic heterocycles. The molecule has 4 heterocycles. The molecule has 3 N–H and O–H groups in total. The highest BCUT2D eigenvalue weighted by Crippen LogP contribution is 2.37. The normalized spacial score (nSPS) is 18.9. The minimum Gasteiger partial charge on any atom is -0.378 e. The van der Waals surface area contributed by atoms with Crippen LogP contribution in [-0.2, 0) is 4.74 Å². The summed E-state index contributed by atoms with van der Waals surface area (Å²) in [6.45, 7) is 2.95. The van der Waals surface area contributed by atoms with Gasteiger partial charge in [0.2, 0.25) is 5.95 Å². The number of imidazole rings is 1. The molecular weight excluding hydrogens is 378 g/mol. The van der Waals surface area contributed by atoms with E-state index in [-0.39, 0.29) is 6.17 Å². The van der Waals surface area contributed by atoms with Crippen LogP contribution in [0.25, 0.3) is 21.9 Å². The fourth-order valence-corrected chi connectivity index (χ4v) is 4.27. The van der Waals surface area contributed by atoms with Gasteiger partial charge in [-0.1, -0.05) is 30.3 Å². The zero-order chi connectivity index (χ0) is 20.1. The van der Waals surface area contributed by atoms with Crippen molar-refractivity contribution >= 4 is 39.7 Å². The van der Waals surface area contributed by atoms with Gasteiger partial charge in [0.05, 0.1) is 29.8 Å². The van der Waals surface area contributed by atoms with E-state index in [1.54, 1.807) is 0 Å². The van der Waals surface area contributed by atoms with Crippen molar-refractivity contribution in [2.45, 2.75) is 6.17 Å². The first kappa shape index (κ1) is 17.2. The number of benzene rings is 2. The Balaban J connectivity index is 1.61. The molecule has 2 aromatic heterocycles. The molecule has 6 rings (SSSR count). The number of rotatable bonds is 2. The van der Waals surface area contributed by atoms with Crippen molar-refractivity contribution in [1.82, 2.24) is 14.5 Å². The molecule has 0 bridgehead atoms. The highest BCUT2D eigenvalue weighted by atomic mass is 16.5. The monoisotopic (exact) mass is 399 g/mol. The number of guanidine groups is 1. The van der Waals surface area contributed by atoms with E-state index in [2.05, 4.69) is 33.0 Å². The van der Waals surface area contributed by atoms with Crippen molar-refractivity contribution < 1.29 is 4.74 Å². The second kappa shape index (κ2) is 6.70.